The fraction of sp³-hybridized carbons (Fsp3) is 0.562. The molecule has 24 heavy (non-hydrogen) atoms. The Morgan fingerprint density at radius 1 is 1.33 bits per heavy atom. The van der Waals surface area contributed by atoms with E-state index in [1.54, 1.807) is 12.1 Å². The smallest absolute Gasteiger partial charge is 0.446 e. The Labute approximate surface area is 143 Å². The molecule has 1 saturated carbocycles. The van der Waals surface area contributed by atoms with Crippen molar-refractivity contribution in [1.82, 2.24) is 10.2 Å². The number of likely N-dealkylation sites (N-methyl/N-ethyl adjacent to an activating group) is 1. The molecule has 8 heteroatoms. The van der Waals surface area contributed by atoms with Gasteiger partial charge in [0.25, 0.3) is 0 Å². The molecule has 0 saturated heterocycles. The zero-order valence-corrected chi connectivity index (χ0v) is 14.2. The molecule has 0 aromatic heterocycles. The molecule has 0 atom stereocenters. The summed E-state index contributed by atoms with van der Waals surface area (Å²) in [5.74, 6) is -0.815. The highest BCUT2D eigenvalue weighted by Crippen LogP contribution is 2.36. The third-order valence-corrected chi connectivity index (χ3v) is 4.87. The zero-order chi connectivity index (χ0) is 17.7. The largest absolute Gasteiger partial charge is 0.480 e. The van der Waals surface area contributed by atoms with Gasteiger partial charge in [0.1, 0.15) is 0 Å². The topological polar surface area (TPSA) is 52.6 Å². The van der Waals surface area contributed by atoms with Crippen LogP contribution >= 0.6 is 11.8 Å². The number of carboxylic acids is 1. The van der Waals surface area contributed by atoms with Crippen LogP contribution in [-0.4, -0.2) is 46.7 Å². The molecule has 4 nitrogen and oxygen atoms in total. The molecule has 0 radical (unpaired) electrons. The summed E-state index contributed by atoms with van der Waals surface area (Å²) in [6.45, 7) is 3.32. The maximum atomic E-state index is 12.3. The van der Waals surface area contributed by atoms with Gasteiger partial charge in [0.05, 0.1) is 6.54 Å². The van der Waals surface area contributed by atoms with Crippen molar-refractivity contribution in [2.75, 3.05) is 13.1 Å². The van der Waals surface area contributed by atoms with Crippen LogP contribution < -0.4 is 5.32 Å². The number of carbonyl (C=O) groups is 1. The van der Waals surface area contributed by atoms with Crippen LogP contribution in [0.25, 0.3) is 0 Å². The summed E-state index contributed by atoms with van der Waals surface area (Å²) < 4.78 is 36.8. The number of hydrogen-bond donors (Lipinski definition) is 2. The summed E-state index contributed by atoms with van der Waals surface area (Å²) in [6, 6.07) is 6.95. The fourth-order valence-electron chi connectivity index (χ4n) is 2.80. The highest BCUT2D eigenvalue weighted by Gasteiger charge is 2.33. The molecule has 0 aliphatic heterocycles. The van der Waals surface area contributed by atoms with E-state index in [-0.39, 0.29) is 29.2 Å². The number of nitrogens with one attached hydrogen (secondary N) is 1. The second-order valence-corrected chi connectivity index (χ2v) is 6.99. The molecule has 1 aromatic rings. The first kappa shape index (κ1) is 19.1. The lowest BCUT2D eigenvalue weighted by Gasteiger charge is -2.42. The van der Waals surface area contributed by atoms with Crippen molar-refractivity contribution in [3.63, 3.8) is 0 Å². The van der Waals surface area contributed by atoms with Crippen molar-refractivity contribution in [2.45, 2.75) is 48.8 Å². The zero-order valence-electron chi connectivity index (χ0n) is 13.3. The number of carboxylic acid groups (broad SMARTS) is 1. The van der Waals surface area contributed by atoms with Crippen LogP contribution in [-0.2, 0) is 11.3 Å². The van der Waals surface area contributed by atoms with Gasteiger partial charge in [-0.25, -0.2) is 0 Å². The van der Waals surface area contributed by atoms with Gasteiger partial charge in [-0.2, -0.15) is 13.2 Å². The van der Waals surface area contributed by atoms with Crippen molar-refractivity contribution >= 4 is 17.7 Å². The van der Waals surface area contributed by atoms with Gasteiger partial charge < -0.3 is 10.4 Å². The summed E-state index contributed by atoms with van der Waals surface area (Å²) in [7, 11) is 0. The van der Waals surface area contributed by atoms with Crippen LogP contribution in [0.1, 0.15) is 25.3 Å². The predicted octanol–water partition coefficient (Wildman–Crippen LogP) is 3.33. The van der Waals surface area contributed by atoms with Crippen LogP contribution in [0, 0.1) is 0 Å². The van der Waals surface area contributed by atoms with Crippen LogP contribution in [0.15, 0.2) is 29.2 Å². The molecule has 0 spiro atoms. The molecule has 1 aliphatic carbocycles. The minimum absolute atomic E-state index is 0.0617. The molecule has 2 rings (SSSR count). The Morgan fingerprint density at radius 3 is 2.46 bits per heavy atom. The van der Waals surface area contributed by atoms with Crippen LogP contribution in [0.2, 0.25) is 0 Å². The standard InChI is InChI=1S/C16H21F3N2O2S/c1-2-21(10-15(22)23)13-7-12(8-13)20-9-11-3-5-14(6-4-11)24-16(17,18)19/h3-6,12-13,20H,2,7-10H2,1H3,(H,22,23). The minimum Gasteiger partial charge on any atom is -0.480 e. The molecule has 2 N–H and O–H groups in total. The van der Waals surface area contributed by atoms with E-state index in [9.17, 15) is 18.0 Å². The maximum absolute atomic E-state index is 12.3. The number of halogens is 3. The van der Waals surface area contributed by atoms with E-state index in [1.165, 1.54) is 12.1 Å². The maximum Gasteiger partial charge on any atom is 0.446 e. The summed E-state index contributed by atoms with van der Waals surface area (Å²) in [5.41, 5.74) is -3.33. The minimum atomic E-state index is -4.26. The third-order valence-electron chi connectivity index (χ3n) is 4.13. The second kappa shape index (κ2) is 8.22. The number of nitrogens with zero attached hydrogens (tertiary/aromatic N) is 1. The van der Waals surface area contributed by atoms with E-state index >= 15 is 0 Å². The highest BCUT2D eigenvalue weighted by molar-refractivity contribution is 8.00. The van der Waals surface area contributed by atoms with Crippen molar-refractivity contribution < 1.29 is 23.1 Å². The quantitative estimate of drug-likeness (QED) is 0.695. The molecule has 0 heterocycles. The molecule has 0 amide bonds. The van der Waals surface area contributed by atoms with Gasteiger partial charge in [-0.05, 0) is 48.8 Å². The number of alkyl halides is 3. The van der Waals surface area contributed by atoms with Crippen LogP contribution in [0.5, 0.6) is 0 Å². The first-order valence-corrected chi connectivity index (χ1v) is 8.62. The first-order chi connectivity index (χ1) is 11.3. The Kier molecular flexibility index (Phi) is 6.54. The SMILES string of the molecule is CCN(CC(=O)O)C1CC(NCc2ccc(SC(F)(F)F)cc2)C1. The second-order valence-electron chi connectivity index (χ2n) is 5.85. The average molecular weight is 362 g/mol. The van der Waals surface area contributed by atoms with E-state index in [0.29, 0.717) is 19.1 Å². The van der Waals surface area contributed by atoms with E-state index in [4.69, 9.17) is 5.11 Å². The molecule has 1 fully saturated rings. The number of rotatable bonds is 8. The van der Waals surface area contributed by atoms with E-state index in [2.05, 4.69) is 5.32 Å². The van der Waals surface area contributed by atoms with Gasteiger partial charge in [-0.3, -0.25) is 9.69 Å². The Hall–Kier alpha value is -1.25. The molecule has 1 aliphatic rings. The first-order valence-electron chi connectivity index (χ1n) is 7.80. The van der Waals surface area contributed by atoms with Crippen molar-refractivity contribution in [3.8, 4) is 0 Å². The van der Waals surface area contributed by atoms with Gasteiger partial charge >= 0.3 is 11.5 Å². The molecule has 0 bridgehead atoms. The Bertz CT molecular complexity index is 545. The van der Waals surface area contributed by atoms with Crippen LogP contribution in [0.3, 0.4) is 0 Å². The van der Waals surface area contributed by atoms with E-state index < -0.39 is 11.5 Å². The van der Waals surface area contributed by atoms with Gasteiger partial charge in [0.15, 0.2) is 0 Å². The Morgan fingerprint density at radius 2 is 1.96 bits per heavy atom. The predicted molar refractivity (Wildman–Crippen MR) is 86.9 cm³/mol. The lowest BCUT2D eigenvalue weighted by atomic mass is 9.85. The van der Waals surface area contributed by atoms with Crippen molar-refractivity contribution in [1.29, 1.82) is 0 Å². The molecular weight excluding hydrogens is 341 g/mol. The normalized spacial score (nSPS) is 20.9. The van der Waals surface area contributed by atoms with E-state index in [0.717, 1.165) is 18.4 Å². The van der Waals surface area contributed by atoms with Gasteiger partial charge in [-0.15, -0.1) is 0 Å². The number of benzene rings is 1. The van der Waals surface area contributed by atoms with E-state index in [1.807, 2.05) is 11.8 Å². The number of hydrogen-bond acceptors (Lipinski definition) is 4. The fourth-order valence-corrected chi connectivity index (χ4v) is 3.34. The molecule has 1 aromatic carbocycles. The summed E-state index contributed by atoms with van der Waals surface area (Å²) in [6.07, 6.45) is 1.78. The summed E-state index contributed by atoms with van der Waals surface area (Å²) in [5, 5.41) is 12.2. The Balaban J connectivity index is 1.72. The van der Waals surface area contributed by atoms with Crippen molar-refractivity contribution in [2.24, 2.45) is 0 Å². The van der Waals surface area contributed by atoms with Gasteiger partial charge in [0.2, 0.25) is 0 Å². The van der Waals surface area contributed by atoms with Gasteiger partial charge in [0, 0.05) is 23.5 Å². The van der Waals surface area contributed by atoms with Crippen LogP contribution in [0.4, 0.5) is 13.2 Å². The summed E-state index contributed by atoms with van der Waals surface area (Å²) >= 11 is -0.114. The number of aliphatic carboxylic acids is 1. The monoisotopic (exact) mass is 362 g/mol. The average Bonchev–Trinajstić information content (AvgIpc) is 2.44. The third kappa shape index (κ3) is 5.99. The summed E-state index contributed by atoms with van der Waals surface area (Å²) in [4.78, 5) is 12.9. The lowest BCUT2D eigenvalue weighted by Crippen LogP contribution is -2.53. The molecular formula is C16H21F3N2O2S. The lowest BCUT2D eigenvalue weighted by molar-refractivity contribution is -0.139. The number of thioether (sulfide) groups is 1. The highest BCUT2D eigenvalue weighted by atomic mass is 32.2. The molecule has 134 valence electrons. The van der Waals surface area contributed by atoms with Gasteiger partial charge in [-0.1, -0.05) is 19.1 Å². The molecule has 0 unspecified atom stereocenters. The van der Waals surface area contributed by atoms with Crippen molar-refractivity contribution in [3.05, 3.63) is 29.8 Å².